The van der Waals surface area contributed by atoms with Crippen LogP contribution in [0.5, 0.6) is 11.5 Å². The second-order valence-corrected chi connectivity index (χ2v) is 6.30. The molecule has 27 heavy (non-hydrogen) atoms. The van der Waals surface area contributed by atoms with Crippen LogP contribution in [0.1, 0.15) is 30.4 Å². The molecule has 0 unspecified atom stereocenters. The number of allylic oxidation sites excluding steroid dienone is 2. The third-order valence-electron chi connectivity index (χ3n) is 4.47. The number of hydrogen-bond acceptors (Lipinski definition) is 5. The minimum atomic E-state index is -0.449. The Bertz CT molecular complexity index is 942. The third kappa shape index (κ3) is 4.23. The summed E-state index contributed by atoms with van der Waals surface area (Å²) in [5.41, 5.74) is 2.95. The maximum Gasteiger partial charge on any atom is 0.269 e. The van der Waals surface area contributed by atoms with Crippen LogP contribution in [0.2, 0.25) is 0 Å². The Kier molecular flexibility index (Phi) is 5.35. The topological polar surface area (TPSA) is 89.7 Å². The summed E-state index contributed by atoms with van der Waals surface area (Å²) >= 11 is 0. The highest BCUT2D eigenvalue weighted by molar-refractivity contribution is 6.14. The lowest BCUT2D eigenvalue weighted by molar-refractivity contribution is -0.384. The number of hydrogen-bond donors (Lipinski definition) is 1. The average Bonchev–Trinajstić information content (AvgIpc) is 2.67. The van der Waals surface area contributed by atoms with E-state index in [-0.39, 0.29) is 17.2 Å². The average molecular weight is 365 g/mol. The van der Waals surface area contributed by atoms with Gasteiger partial charge in [-0.05, 0) is 66.8 Å². The predicted molar refractivity (Wildman–Crippen MR) is 103 cm³/mol. The fourth-order valence-electron chi connectivity index (χ4n) is 3.06. The van der Waals surface area contributed by atoms with Crippen molar-refractivity contribution in [3.63, 3.8) is 0 Å². The highest BCUT2D eigenvalue weighted by Crippen LogP contribution is 2.31. The number of carbonyl (C=O) groups excluding carboxylic acids is 1. The number of carbonyl (C=O) groups is 1. The SMILES string of the molecule is COc1cc(/C=C2\CCC/C(=C\c3ccc([N+](=O)[O-])cc3)C2=O)ccc1O. The lowest BCUT2D eigenvalue weighted by atomic mass is 9.87. The van der Waals surface area contributed by atoms with E-state index < -0.39 is 4.92 Å². The molecule has 1 aliphatic rings. The zero-order chi connectivity index (χ0) is 19.4. The summed E-state index contributed by atoms with van der Waals surface area (Å²) in [6.07, 6.45) is 5.81. The van der Waals surface area contributed by atoms with E-state index in [0.717, 1.165) is 17.5 Å². The number of phenolic OH excluding ortho intramolecular Hbond substituents is 1. The Balaban J connectivity index is 1.86. The smallest absolute Gasteiger partial charge is 0.269 e. The summed E-state index contributed by atoms with van der Waals surface area (Å²) in [6, 6.07) is 11.1. The number of rotatable bonds is 4. The molecule has 0 aromatic heterocycles. The van der Waals surface area contributed by atoms with Gasteiger partial charge >= 0.3 is 0 Å². The second-order valence-electron chi connectivity index (χ2n) is 6.30. The summed E-state index contributed by atoms with van der Waals surface area (Å²) in [5, 5.41) is 20.4. The van der Waals surface area contributed by atoms with Crippen molar-refractivity contribution in [3.05, 3.63) is 74.9 Å². The standard InChI is InChI=1S/C21H19NO5/c1-27-20-13-15(7-10-19(20)23)12-17-4-2-3-16(21(17)24)11-14-5-8-18(9-6-14)22(25)26/h5-13,23H,2-4H2,1H3/b16-11+,17-12+. The fraction of sp³-hybridized carbons (Fsp3) is 0.190. The van der Waals surface area contributed by atoms with Crippen molar-refractivity contribution in [3.8, 4) is 11.5 Å². The minimum absolute atomic E-state index is 0.0216. The zero-order valence-electron chi connectivity index (χ0n) is 14.8. The number of nitrogens with zero attached hydrogens (tertiary/aromatic N) is 1. The summed E-state index contributed by atoms with van der Waals surface area (Å²) in [5.74, 6) is 0.384. The van der Waals surface area contributed by atoms with Crippen LogP contribution in [-0.2, 0) is 4.79 Å². The molecule has 0 aliphatic heterocycles. The number of methoxy groups -OCH3 is 1. The lowest BCUT2D eigenvalue weighted by Gasteiger charge is -2.16. The Labute approximate surface area is 156 Å². The van der Waals surface area contributed by atoms with E-state index >= 15 is 0 Å². The number of non-ortho nitro benzene ring substituents is 1. The molecule has 1 N–H and O–H groups in total. The van der Waals surface area contributed by atoms with Crippen LogP contribution < -0.4 is 4.74 Å². The molecule has 0 amide bonds. The number of nitro benzene ring substituents is 1. The first-order valence-electron chi connectivity index (χ1n) is 8.55. The van der Waals surface area contributed by atoms with E-state index in [0.29, 0.717) is 29.7 Å². The molecule has 0 atom stereocenters. The van der Waals surface area contributed by atoms with Gasteiger partial charge in [0.2, 0.25) is 0 Å². The second kappa shape index (κ2) is 7.86. The Morgan fingerprint density at radius 3 is 2.22 bits per heavy atom. The van der Waals surface area contributed by atoms with Crippen molar-refractivity contribution in [2.75, 3.05) is 7.11 Å². The van der Waals surface area contributed by atoms with E-state index in [1.54, 1.807) is 30.3 Å². The van der Waals surface area contributed by atoms with Gasteiger partial charge in [-0.25, -0.2) is 0 Å². The molecular weight excluding hydrogens is 346 g/mol. The van der Waals surface area contributed by atoms with Gasteiger partial charge in [0.1, 0.15) is 0 Å². The number of benzene rings is 2. The molecular formula is C21H19NO5. The first-order valence-corrected chi connectivity index (χ1v) is 8.55. The van der Waals surface area contributed by atoms with Gasteiger partial charge in [0, 0.05) is 23.3 Å². The molecule has 6 nitrogen and oxygen atoms in total. The summed E-state index contributed by atoms with van der Waals surface area (Å²) in [7, 11) is 1.47. The molecule has 3 rings (SSSR count). The van der Waals surface area contributed by atoms with Gasteiger partial charge in [-0.15, -0.1) is 0 Å². The van der Waals surface area contributed by atoms with Crippen LogP contribution in [0, 0.1) is 10.1 Å². The van der Waals surface area contributed by atoms with Crippen LogP contribution in [0.4, 0.5) is 5.69 Å². The molecule has 0 saturated heterocycles. The summed E-state index contributed by atoms with van der Waals surface area (Å²) in [4.78, 5) is 23.1. The molecule has 138 valence electrons. The number of ketones is 1. The van der Waals surface area contributed by atoms with E-state index in [9.17, 15) is 20.0 Å². The van der Waals surface area contributed by atoms with Gasteiger partial charge < -0.3 is 9.84 Å². The quantitative estimate of drug-likeness (QED) is 0.488. The first kappa shape index (κ1) is 18.4. The predicted octanol–water partition coefficient (Wildman–Crippen LogP) is 4.53. The third-order valence-corrected chi connectivity index (χ3v) is 4.47. The highest BCUT2D eigenvalue weighted by Gasteiger charge is 2.20. The number of phenols is 1. The van der Waals surface area contributed by atoms with Gasteiger partial charge in [-0.1, -0.05) is 6.07 Å². The van der Waals surface area contributed by atoms with Crippen molar-refractivity contribution < 1.29 is 19.6 Å². The van der Waals surface area contributed by atoms with E-state index in [4.69, 9.17) is 4.74 Å². The van der Waals surface area contributed by atoms with E-state index in [2.05, 4.69) is 0 Å². The Morgan fingerprint density at radius 1 is 1.04 bits per heavy atom. The molecule has 1 fully saturated rings. The first-order chi connectivity index (χ1) is 13.0. The molecule has 6 heteroatoms. The van der Waals surface area contributed by atoms with E-state index in [1.807, 2.05) is 6.08 Å². The zero-order valence-corrected chi connectivity index (χ0v) is 14.8. The van der Waals surface area contributed by atoms with Crippen LogP contribution >= 0.6 is 0 Å². The van der Waals surface area contributed by atoms with Crippen molar-refractivity contribution in [1.29, 1.82) is 0 Å². The van der Waals surface area contributed by atoms with Crippen molar-refractivity contribution in [2.24, 2.45) is 0 Å². The van der Waals surface area contributed by atoms with Gasteiger partial charge in [0.15, 0.2) is 17.3 Å². The number of Topliss-reactive ketones (excluding diaryl/α,β-unsaturated/α-hetero) is 1. The van der Waals surface area contributed by atoms with Crippen LogP contribution in [0.3, 0.4) is 0 Å². The molecule has 2 aromatic carbocycles. The van der Waals surface area contributed by atoms with E-state index in [1.165, 1.54) is 25.3 Å². The van der Waals surface area contributed by atoms with Gasteiger partial charge in [-0.2, -0.15) is 0 Å². The molecule has 2 aromatic rings. The molecule has 0 radical (unpaired) electrons. The van der Waals surface area contributed by atoms with Crippen molar-refractivity contribution in [2.45, 2.75) is 19.3 Å². The maximum atomic E-state index is 12.8. The molecule has 0 heterocycles. The fourth-order valence-corrected chi connectivity index (χ4v) is 3.06. The van der Waals surface area contributed by atoms with Gasteiger partial charge in [-0.3, -0.25) is 14.9 Å². The number of ether oxygens (including phenoxy) is 1. The molecule has 0 spiro atoms. The highest BCUT2D eigenvalue weighted by atomic mass is 16.6. The van der Waals surface area contributed by atoms with Gasteiger partial charge in [0.05, 0.1) is 12.0 Å². The van der Waals surface area contributed by atoms with Crippen molar-refractivity contribution in [1.82, 2.24) is 0 Å². The van der Waals surface area contributed by atoms with Gasteiger partial charge in [0.25, 0.3) is 5.69 Å². The molecule has 0 bridgehead atoms. The minimum Gasteiger partial charge on any atom is -0.504 e. The monoisotopic (exact) mass is 365 g/mol. The maximum absolute atomic E-state index is 12.8. The largest absolute Gasteiger partial charge is 0.504 e. The van der Waals surface area contributed by atoms with Crippen LogP contribution in [0.25, 0.3) is 12.2 Å². The van der Waals surface area contributed by atoms with Crippen LogP contribution in [-0.4, -0.2) is 22.9 Å². The van der Waals surface area contributed by atoms with Crippen LogP contribution in [0.15, 0.2) is 53.6 Å². The summed E-state index contributed by atoms with van der Waals surface area (Å²) < 4.78 is 5.10. The number of aromatic hydroxyl groups is 1. The van der Waals surface area contributed by atoms with Crippen molar-refractivity contribution >= 4 is 23.6 Å². The lowest BCUT2D eigenvalue weighted by Crippen LogP contribution is -2.12. The summed E-state index contributed by atoms with van der Waals surface area (Å²) in [6.45, 7) is 0. The normalized spacial score (nSPS) is 17.3. The number of nitro groups is 1. The Hall–Kier alpha value is -3.41. The Morgan fingerprint density at radius 2 is 1.63 bits per heavy atom. The molecule has 1 saturated carbocycles. The molecule has 1 aliphatic carbocycles.